The minimum Gasteiger partial charge on any atom is -0.356 e. The molecule has 0 radical (unpaired) electrons. The van der Waals surface area contributed by atoms with Crippen LogP contribution >= 0.6 is 0 Å². The monoisotopic (exact) mass is 331 g/mol. The molecule has 5 nitrogen and oxygen atoms in total. The van der Waals surface area contributed by atoms with Crippen molar-refractivity contribution in [3.05, 3.63) is 35.9 Å². The van der Waals surface area contributed by atoms with Gasteiger partial charge in [0.15, 0.2) is 0 Å². The Hall–Kier alpha value is -2.04. The molecule has 1 heterocycles. The average molecular weight is 331 g/mol. The van der Waals surface area contributed by atoms with E-state index in [9.17, 15) is 9.59 Å². The fourth-order valence-electron chi connectivity index (χ4n) is 3.22. The second-order valence-corrected chi connectivity index (χ2v) is 6.33. The van der Waals surface area contributed by atoms with Crippen molar-refractivity contribution < 1.29 is 9.59 Å². The number of rotatable bonds is 6. The van der Waals surface area contributed by atoms with Gasteiger partial charge in [0.25, 0.3) is 0 Å². The van der Waals surface area contributed by atoms with E-state index in [1.54, 1.807) is 0 Å². The van der Waals surface area contributed by atoms with Gasteiger partial charge in [0.1, 0.15) is 0 Å². The van der Waals surface area contributed by atoms with Gasteiger partial charge in [-0.25, -0.2) is 4.79 Å². The van der Waals surface area contributed by atoms with Crippen LogP contribution in [0.25, 0.3) is 0 Å². The van der Waals surface area contributed by atoms with Gasteiger partial charge in [-0.2, -0.15) is 0 Å². The van der Waals surface area contributed by atoms with Crippen molar-refractivity contribution in [2.45, 2.75) is 45.6 Å². The Bertz CT molecular complexity index is 533. The second-order valence-electron chi connectivity index (χ2n) is 6.33. The summed E-state index contributed by atoms with van der Waals surface area (Å²) in [5.41, 5.74) is 1.14. The number of benzene rings is 1. The second kappa shape index (κ2) is 9.30. The highest BCUT2D eigenvalue weighted by Crippen LogP contribution is 2.33. The van der Waals surface area contributed by atoms with Crippen LogP contribution in [0.4, 0.5) is 4.79 Å². The fraction of sp³-hybridized carbons (Fsp3) is 0.579. The largest absolute Gasteiger partial charge is 0.356 e. The normalized spacial score (nSPS) is 20.5. The third-order valence-electron chi connectivity index (χ3n) is 4.56. The highest BCUT2D eigenvalue weighted by Gasteiger charge is 2.35. The summed E-state index contributed by atoms with van der Waals surface area (Å²) in [5, 5.41) is 5.88. The fourth-order valence-corrected chi connectivity index (χ4v) is 3.22. The molecule has 0 aliphatic carbocycles. The van der Waals surface area contributed by atoms with Crippen molar-refractivity contribution in [1.29, 1.82) is 0 Å². The Morgan fingerprint density at radius 2 is 1.88 bits per heavy atom. The summed E-state index contributed by atoms with van der Waals surface area (Å²) in [7, 11) is 0. The van der Waals surface area contributed by atoms with E-state index in [4.69, 9.17) is 0 Å². The first-order chi connectivity index (χ1) is 11.7. The number of hydrogen-bond donors (Lipinski definition) is 2. The van der Waals surface area contributed by atoms with Gasteiger partial charge in [-0.05, 0) is 31.7 Å². The van der Waals surface area contributed by atoms with Gasteiger partial charge in [-0.15, -0.1) is 0 Å². The number of nitrogens with zero attached hydrogens (tertiary/aromatic N) is 1. The molecule has 1 aromatic rings. The lowest BCUT2D eigenvalue weighted by Crippen LogP contribution is -2.50. The van der Waals surface area contributed by atoms with Crippen LogP contribution in [0.15, 0.2) is 30.3 Å². The Labute approximate surface area is 144 Å². The molecule has 0 spiro atoms. The predicted molar refractivity (Wildman–Crippen MR) is 95.6 cm³/mol. The van der Waals surface area contributed by atoms with Crippen LogP contribution in [0.2, 0.25) is 0 Å². The van der Waals surface area contributed by atoms with Crippen molar-refractivity contribution in [3.63, 3.8) is 0 Å². The molecule has 24 heavy (non-hydrogen) atoms. The zero-order chi connectivity index (χ0) is 17.4. The molecule has 0 saturated carbocycles. The van der Waals surface area contributed by atoms with E-state index in [2.05, 4.69) is 29.7 Å². The number of unbranched alkanes of at least 4 members (excludes halogenated alkanes) is 1. The van der Waals surface area contributed by atoms with E-state index in [-0.39, 0.29) is 23.9 Å². The van der Waals surface area contributed by atoms with Gasteiger partial charge >= 0.3 is 6.03 Å². The molecule has 2 atom stereocenters. The molecule has 0 bridgehead atoms. The van der Waals surface area contributed by atoms with Crippen molar-refractivity contribution in [2.24, 2.45) is 5.92 Å². The number of likely N-dealkylation sites (tertiary alicyclic amines) is 1. The van der Waals surface area contributed by atoms with Gasteiger partial charge in [0.05, 0.1) is 12.0 Å². The number of piperidine rings is 1. The SMILES string of the molecule is CCCCNC(=O)N1C[C@@H](C(=O)NCC)CC[C@H]1c1ccccc1. The van der Waals surface area contributed by atoms with Gasteiger partial charge in [0, 0.05) is 19.6 Å². The molecule has 1 saturated heterocycles. The number of nitrogens with one attached hydrogen (secondary N) is 2. The third kappa shape index (κ3) is 4.73. The smallest absolute Gasteiger partial charge is 0.317 e. The Morgan fingerprint density at radius 1 is 1.12 bits per heavy atom. The van der Waals surface area contributed by atoms with Crippen LogP contribution in [0.3, 0.4) is 0 Å². The van der Waals surface area contributed by atoms with Crippen LogP contribution in [0.1, 0.15) is 51.1 Å². The van der Waals surface area contributed by atoms with E-state index in [0.717, 1.165) is 31.2 Å². The molecular formula is C19H29N3O2. The summed E-state index contributed by atoms with van der Waals surface area (Å²) < 4.78 is 0. The van der Waals surface area contributed by atoms with Crippen LogP contribution in [-0.4, -0.2) is 36.5 Å². The highest BCUT2D eigenvalue weighted by molar-refractivity contribution is 5.81. The number of amides is 3. The molecule has 0 unspecified atom stereocenters. The summed E-state index contributed by atoms with van der Waals surface area (Å²) >= 11 is 0. The quantitative estimate of drug-likeness (QED) is 0.787. The maximum atomic E-state index is 12.7. The van der Waals surface area contributed by atoms with E-state index < -0.39 is 0 Å². The zero-order valence-electron chi connectivity index (χ0n) is 14.8. The average Bonchev–Trinajstić information content (AvgIpc) is 2.62. The van der Waals surface area contributed by atoms with Crippen LogP contribution < -0.4 is 10.6 Å². The summed E-state index contributed by atoms with van der Waals surface area (Å²) in [4.78, 5) is 26.7. The van der Waals surface area contributed by atoms with Gasteiger partial charge in [-0.1, -0.05) is 43.7 Å². The first-order valence-electron chi connectivity index (χ1n) is 9.04. The van der Waals surface area contributed by atoms with Gasteiger partial charge in [0.2, 0.25) is 5.91 Å². The lowest BCUT2D eigenvalue weighted by atomic mass is 9.88. The summed E-state index contributed by atoms with van der Waals surface area (Å²) in [5.74, 6) is -0.0720. The summed E-state index contributed by atoms with van der Waals surface area (Å²) in [6.45, 7) is 5.80. The van der Waals surface area contributed by atoms with E-state index in [0.29, 0.717) is 19.6 Å². The van der Waals surface area contributed by atoms with Crippen molar-refractivity contribution in [2.75, 3.05) is 19.6 Å². The predicted octanol–water partition coefficient (Wildman–Crippen LogP) is 3.09. The lowest BCUT2D eigenvalue weighted by molar-refractivity contribution is -0.126. The highest BCUT2D eigenvalue weighted by atomic mass is 16.2. The molecule has 2 N–H and O–H groups in total. The molecule has 5 heteroatoms. The lowest BCUT2D eigenvalue weighted by Gasteiger charge is -2.39. The molecule has 1 aromatic carbocycles. The van der Waals surface area contributed by atoms with E-state index in [1.165, 1.54) is 0 Å². The minimum absolute atomic E-state index is 0.0403. The van der Waals surface area contributed by atoms with Crippen LogP contribution in [-0.2, 0) is 4.79 Å². The number of carbonyl (C=O) groups is 2. The van der Waals surface area contributed by atoms with Crippen LogP contribution in [0, 0.1) is 5.92 Å². The molecular weight excluding hydrogens is 302 g/mol. The Morgan fingerprint density at radius 3 is 2.54 bits per heavy atom. The maximum Gasteiger partial charge on any atom is 0.317 e. The van der Waals surface area contributed by atoms with E-state index in [1.807, 2.05) is 30.0 Å². The molecule has 2 rings (SSSR count). The van der Waals surface area contributed by atoms with Gasteiger partial charge < -0.3 is 15.5 Å². The Kier molecular flexibility index (Phi) is 7.09. The molecule has 3 amide bonds. The van der Waals surface area contributed by atoms with Crippen molar-refractivity contribution >= 4 is 11.9 Å². The standard InChI is InChI=1S/C19H29N3O2/c1-3-5-13-21-19(24)22-14-16(18(23)20-4-2)11-12-17(22)15-9-7-6-8-10-15/h6-10,16-17H,3-5,11-14H2,1-2H3,(H,20,23)(H,21,24)/t16-,17-/m0/s1. The molecule has 1 aliphatic rings. The van der Waals surface area contributed by atoms with Crippen molar-refractivity contribution in [1.82, 2.24) is 15.5 Å². The van der Waals surface area contributed by atoms with Crippen molar-refractivity contribution in [3.8, 4) is 0 Å². The summed E-state index contributed by atoms with van der Waals surface area (Å²) in [6, 6.07) is 10.1. The molecule has 1 fully saturated rings. The third-order valence-corrected chi connectivity index (χ3v) is 4.56. The maximum absolute atomic E-state index is 12.7. The first kappa shape index (κ1) is 18.3. The molecule has 0 aromatic heterocycles. The van der Waals surface area contributed by atoms with Crippen LogP contribution in [0.5, 0.6) is 0 Å². The first-order valence-corrected chi connectivity index (χ1v) is 9.04. The topological polar surface area (TPSA) is 61.4 Å². The number of hydrogen-bond acceptors (Lipinski definition) is 2. The Balaban J connectivity index is 2.11. The number of urea groups is 1. The number of carbonyl (C=O) groups excluding carboxylic acids is 2. The zero-order valence-corrected chi connectivity index (χ0v) is 14.8. The van der Waals surface area contributed by atoms with Gasteiger partial charge in [-0.3, -0.25) is 4.79 Å². The minimum atomic E-state index is -0.123. The molecule has 132 valence electrons. The molecule has 1 aliphatic heterocycles. The summed E-state index contributed by atoms with van der Waals surface area (Å²) in [6.07, 6.45) is 3.64. The van der Waals surface area contributed by atoms with E-state index >= 15 is 0 Å².